The summed E-state index contributed by atoms with van der Waals surface area (Å²) in [6, 6.07) is 5.45. The first-order chi connectivity index (χ1) is 9.88. The molecular formula is C11H11ClN4O4S. The largest absolute Gasteiger partial charge is 0.338 e. The van der Waals surface area contributed by atoms with E-state index in [4.69, 9.17) is 21.3 Å². The Labute approximate surface area is 125 Å². The molecule has 10 heteroatoms. The zero-order valence-corrected chi connectivity index (χ0v) is 12.2. The zero-order valence-electron chi connectivity index (χ0n) is 10.6. The van der Waals surface area contributed by atoms with E-state index in [0.717, 1.165) is 0 Å². The van der Waals surface area contributed by atoms with Crippen LogP contribution < -0.4 is 10.5 Å². The number of rotatable bonds is 5. The minimum Gasteiger partial charge on any atom is -0.338 e. The molecule has 2 rings (SSSR count). The number of nitrogens with zero attached hydrogens (tertiary/aromatic N) is 2. The highest BCUT2D eigenvalue weighted by Crippen LogP contribution is 2.13. The minimum absolute atomic E-state index is 0.0366. The van der Waals surface area contributed by atoms with E-state index in [2.05, 4.69) is 15.5 Å². The van der Waals surface area contributed by atoms with Crippen molar-refractivity contribution >= 4 is 33.2 Å². The molecule has 0 saturated heterocycles. The molecule has 0 unspecified atom stereocenters. The van der Waals surface area contributed by atoms with Crippen molar-refractivity contribution in [1.82, 2.24) is 10.1 Å². The molecule has 2 aromatic rings. The number of sulfonamides is 1. The predicted octanol–water partition coefficient (Wildman–Crippen LogP) is 0.637. The third-order valence-corrected chi connectivity index (χ3v) is 3.57. The Balaban J connectivity index is 1.99. The molecule has 1 aromatic carbocycles. The third kappa shape index (κ3) is 4.25. The van der Waals surface area contributed by atoms with Gasteiger partial charge in [0.05, 0.1) is 11.3 Å². The Morgan fingerprint density at radius 1 is 1.33 bits per heavy atom. The molecule has 0 saturated carbocycles. The Bertz CT molecular complexity index is 742. The Kier molecular flexibility index (Phi) is 4.56. The lowest BCUT2D eigenvalue weighted by Gasteiger charge is -2.04. The van der Waals surface area contributed by atoms with Crippen LogP contribution >= 0.6 is 11.6 Å². The lowest BCUT2D eigenvalue weighted by atomic mass is 10.3. The monoisotopic (exact) mass is 330 g/mol. The fourth-order valence-electron chi connectivity index (χ4n) is 1.49. The summed E-state index contributed by atoms with van der Waals surface area (Å²) in [4.78, 5) is 15.6. The van der Waals surface area contributed by atoms with Gasteiger partial charge < -0.3 is 9.84 Å². The fraction of sp³-hybridized carbons (Fsp3) is 0.182. The average Bonchev–Trinajstić information content (AvgIpc) is 2.85. The van der Waals surface area contributed by atoms with Crippen molar-refractivity contribution in [3.8, 4) is 0 Å². The molecule has 0 atom stereocenters. The number of amides is 1. The summed E-state index contributed by atoms with van der Waals surface area (Å²) in [6.07, 6.45) is -0.0860. The number of anilines is 1. The van der Waals surface area contributed by atoms with Gasteiger partial charge in [0.2, 0.25) is 21.8 Å². The van der Waals surface area contributed by atoms with Gasteiger partial charge in [0, 0.05) is 5.69 Å². The van der Waals surface area contributed by atoms with Gasteiger partial charge in [-0.2, -0.15) is 4.98 Å². The molecule has 1 amide bonds. The summed E-state index contributed by atoms with van der Waals surface area (Å²) in [5, 5.41) is 11.1. The molecule has 0 radical (unpaired) electrons. The third-order valence-electron chi connectivity index (χ3n) is 2.41. The molecule has 1 aromatic heterocycles. The van der Waals surface area contributed by atoms with Gasteiger partial charge in [-0.1, -0.05) is 5.16 Å². The summed E-state index contributed by atoms with van der Waals surface area (Å²) < 4.78 is 26.9. The first kappa shape index (κ1) is 15.4. The maximum absolute atomic E-state index is 11.8. The number of nitrogens with one attached hydrogen (secondary N) is 1. The van der Waals surface area contributed by atoms with E-state index in [-0.39, 0.29) is 34.8 Å². The van der Waals surface area contributed by atoms with Crippen molar-refractivity contribution in [2.75, 3.05) is 5.32 Å². The van der Waals surface area contributed by atoms with Crippen LogP contribution in [0.1, 0.15) is 11.7 Å². The number of alkyl halides is 1. The van der Waals surface area contributed by atoms with Crippen LogP contribution in [0.2, 0.25) is 0 Å². The van der Waals surface area contributed by atoms with Crippen molar-refractivity contribution in [2.45, 2.75) is 17.2 Å². The molecule has 0 aliphatic rings. The van der Waals surface area contributed by atoms with Crippen LogP contribution in [0.15, 0.2) is 33.7 Å². The standard InChI is InChI=1S/C11H11ClN4O4S/c12-6-11-15-9(16-20-11)5-10(17)14-7-1-3-8(4-2-7)21(13,18)19/h1-4H,5-6H2,(H,14,17)(H2,13,18,19). The van der Waals surface area contributed by atoms with Gasteiger partial charge in [-0.25, -0.2) is 13.6 Å². The van der Waals surface area contributed by atoms with E-state index in [1.54, 1.807) is 0 Å². The molecule has 0 aliphatic heterocycles. The number of benzene rings is 1. The van der Waals surface area contributed by atoms with Crippen molar-refractivity contribution < 1.29 is 17.7 Å². The SMILES string of the molecule is NS(=O)(=O)c1ccc(NC(=O)Cc2noc(CCl)n2)cc1. The van der Waals surface area contributed by atoms with Crippen LogP contribution in [0.4, 0.5) is 5.69 Å². The number of hydrogen-bond donors (Lipinski definition) is 2. The second-order valence-corrected chi connectivity index (χ2v) is 5.86. The zero-order chi connectivity index (χ0) is 15.5. The molecule has 0 fully saturated rings. The highest BCUT2D eigenvalue weighted by molar-refractivity contribution is 7.89. The van der Waals surface area contributed by atoms with Gasteiger partial charge in [0.1, 0.15) is 5.88 Å². The highest BCUT2D eigenvalue weighted by atomic mass is 35.5. The summed E-state index contributed by atoms with van der Waals surface area (Å²) in [5.74, 6) is 0.144. The minimum atomic E-state index is -3.75. The Hall–Kier alpha value is -1.97. The lowest BCUT2D eigenvalue weighted by molar-refractivity contribution is -0.115. The summed E-state index contributed by atoms with van der Waals surface area (Å²) in [6.45, 7) is 0. The molecule has 21 heavy (non-hydrogen) atoms. The molecule has 0 aliphatic carbocycles. The molecule has 112 valence electrons. The molecule has 1 heterocycles. The van der Waals surface area contributed by atoms with E-state index in [1.807, 2.05) is 0 Å². The Morgan fingerprint density at radius 2 is 2.00 bits per heavy atom. The predicted molar refractivity (Wildman–Crippen MR) is 74.0 cm³/mol. The van der Waals surface area contributed by atoms with E-state index < -0.39 is 10.0 Å². The second kappa shape index (κ2) is 6.20. The van der Waals surface area contributed by atoms with E-state index in [1.165, 1.54) is 24.3 Å². The molecule has 0 bridgehead atoms. The van der Waals surface area contributed by atoms with Crippen molar-refractivity contribution in [2.24, 2.45) is 5.14 Å². The van der Waals surface area contributed by atoms with E-state index in [9.17, 15) is 13.2 Å². The lowest BCUT2D eigenvalue weighted by Crippen LogP contribution is -2.16. The number of nitrogens with two attached hydrogens (primary N) is 1. The van der Waals surface area contributed by atoms with Crippen LogP contribution in [-0.2, 0) is 27.1 Å². The van der Waals surface area contributed by atoms with E-state index in [0.29, 0.717) is 5.69 Å². The Morgan fingerprint density at radius 3 is 2.52 bits per heavy atom. The molecular weight excluding hydrogens is 320 g/mol. The van der Waals surface area contributed by atoms with Crippen molar-refractivity contribution in [1.29, 1.82) is 0 Å². The van der Waals surface area contributed by atoms with Gasteiger partial charge in [-0.15, -0.1) is 11.6 Å². The topological polar surface area (TPSA) is 128 Å². The van der Waals surface area contributed by atoms with Crippen LogP contribution in [0.25, 0.3) is 0 Å². The summed E-state index contributed by atoms with van der Waals surface area (Å²) >= 11 is 5.50. The van der Waals surface area contributed by atoms with Crippen LogP contribution in [-0.4, -0.2) is 24.5 Å². The highest BCUT2D eigenvalue weighted by Gasteiger charge is 2.11. The van der Waals surface area contributed by atoms with Crippen LogP contribution in [0, 0.1) is 0 Å². The first-order valence-corrected chi connectivity index (χ1v) is 7.76. The molecule has 0 spiro atoms. The average molecular weight is 331 g/mol. The van der Waals surface area contributed by atoms with Crippen molar-refractivity contribution in [3.63, 3.8) is 0 Å². The molecule has 8 nitrogen and oxygen atoms in total. The summed E-state index contributed by atoms with van der Waals surface area (Å²) in [7, 11) is -3.75. The van der Waals surface area contributed by atoms with Gasteiger partial charge in [-0.3, -0.25) is 4.79 Å². The van der Waals surface area contributed by atoms with Gasteiger partial charge in [-0.05, 0) is 24.3 Å². The van der Waals surface area contributed by atoms with Gasteiger partial charge >= 0.3 is 0 Å². The number of carbonyl (C=O) groups excluding carboxylic acids is 1. The maximum atomic E-state index is 11.8. The van der Waals surface area contributed by atoms with Crippen LogP contribution in [0.3, 0.4) is 0 Å². The fourth-order valence-corrected chi connectivity index (χ4v) is 2.12. The number of hydrogen-bond acceptors (Lipinski definition) is 6. The smallest absolute Gasteiger partial charge is 0.241 e. The number of primary sulfonamides is 1. The van der Waals surface area contributed by atoms with Gasteiger partial charge in [0.15, 0.2) is 5.82 Å². The number of carbonyl (C=O) groups is 1. The quantitative estimate of drug-likeness (QED) is 0.774. The van der Waals surface area contributed by atoms with Crippen molar-refractivity contribution in [3.05, 3.63) is 36.0 Å². The normalized spacial score (nSPS) is 11.3. The molecule has 3 N–H and O–H groups in total. The maximum Gasteiger partial charge on any atom is 0.241 e. The first-order valence-electron chi connectivity index (χ1n) is 5.68. The second-order valence-electron chi connectivity index (χ2n) is 4.03. The van der Waals surface area contributed by atoms with Crippen LogP contribution in [0.5, 0.6) is 0 Å². The number of halogens is 1. The van der Waals surface area contributed by atoms with E-state index >= 15 is 0 Å². The van der Waals surface area contributed by atoms with Gasteiger partial charge in [0.25, 0.3) is 0 Å². The summed E-state index contributed by atoms with van der Waals surface area (Å²) in [5.41, 5.74) is 0.425. The number of aromatic nitrogens is 2.